The largest absolute Gasteiger partial charge is 0.496 e. The molecule has 1 saturated carbocycles. The molecule has 1 aromatic carbocycles. The van der Waals surface area contributed by atoms with Gasteiger partial charge in [-0.2, -0.15) is 0 Å². The van der Waals surface area contributed by atoms with Crippen molar-refractivity contribution in [3.63, 3.8) is 0 Å². The molecular weight excluding hydrogens is 258 g/mol. The van der Waals surface area contributed by atoms with E-state index >= 15 is 0 Å². The lowest BCUT2D eigenvalue weighted by Gasteiger charge is -2.37. The van der Waals surface area contributed by atoms with Crippen LogP contribution >= 0.6 is 11.6 Å². The molecule has 2 nitrogen and oxygen atoms in total. The Bertz CT molecular complexity index is 439. The van der Waals surface area contributed by atoms with Crippen LogP contribution in [0.25, 0.3) is 0 Å². The van der Waals surface area contributed by atoms with Gasteiger partial charge in [0.2, 0.25) is 0 Å². The van der Waals surface area contributed by atoms with Crippen LogP contribution in [0.5, 0.6) is 5.75 Å². The lowest BCUT2D eigenvalue weighted by Crippen LogP contribution is -2.37. The van der Waals surface area contributed by atoms with Crippen LogP contribution in [0.2, 0.25) is 5.02 Å². The molecule has 0 aromatic heterocycles. The highest BCUT2D eigenvalue weighted by Gasteiger charge is 2.33. The van der Waals surface area contributed by atoms with Crippen LogP contribution in [0.3, 0.4) is 0 Å². The summed E-state index contributed by atoms with van der Waals surface area (Å²) in [5.74, 6) is 0.906. The molecule has 0 bridgehead atoms. The van der Waals surface area contributed by atoms with Crippen molar-refractivity contribution in [2.75, 3.05) is 13.7 Å². The number of nitrogens with two attached hydrogens (primary N) is 1. The molecule has 2 rings (SSSR count). The molecular formula is C16H24ClNO. The number of hydrogen-bond acceptors (Lipinski definition) is 2. The molecule has 0 saturated heterocycles. The Morgan fingerprint density at radius 3 is 2.47 bits per heavy atom. The molecule has 0 spiro atoms. The van der Waals surface area contributed by atoms with Crippen LogP contribution in [0.1, 0.15) is 50.2 Å². The standard InChI is InChI=1S/C16H24ClNO/c1-3-13-14(17)9-12(10-15(13)19-2)16(11-18)7-5-4-6-8-16/h9-10H,3-8,11,18H2,1-2H3. The molecule has 19 heavy (non-hydrogen) atoms. The zero-order valence-electron chi connectivity index (χ0n) is 12.0. The second kappa shape index (κ2) is 6.15. The zero-order valence-corrected chi connectivity index (χ0v) is 12.7. The molecule has 0 radical (unpaired) electrons. The number of rotatable bonds is 4. The second-order valence-electron chi connectivity index (χ2n) is 5.54. The molecule has 1 aromatic rings. The summed E-state index contributed by atoms with van der Waals surface area (Å²) >= 11 is 6.43. The first-order chi connectivity index (χ1) is 9.16. The summed E-state index contributed by atoms with van der Waals surface area (Å²) in [4.78, 5) is 0. The molecule has 0 aliphatic heterocycles. The average molecular weight is 282 g/mol. The summed E-state index contributed by atoms with van der Waals surface area (Å²) < 4.78 is 5.51. The van der Waals surface area contributed by atoms with Gasteiger partial charge in [0.1, 0.15) is 5.75 Å². The second-order valence-corrected chi connectivity index (χ2v) is 5.94. The lowest BCUT2D eigenvalue weighted by atomic mass is 9.69. The Morgan fingerprint density at radius 2 is 1.95 bits per heavy atom. The van der Waals surface area contributed by atoms with Crippen LogP contribution in [0.4, 0.5) is 0 Å². The van der Waals surface area contributed by atoms with Gasteiger partial charge in [-0.25, -0.2) is 0 Å². The summed E-state index contributed by atoms with van der Waals surface area (Å²) in [6.07, 6.45) is 7.04. The van der Waals surface area contributed by atoms with Crippen molar-refractivity contribution < 1.29 is 4.74 Å². The van der Waals surface area contributed by atoms with Gasteiger partial charge < -0.3 is 10.5 Å². The Hall–Kier alpha value is -0.730. The minimum Gasteiger partial charge on any atom is -0.496 e. The number of methoxy groups -OCH3 is 1. The molecule has 0 amide bonds. The SMILES string of the molecule is CCc1c(Cl)cc(C2(CN)CCCCC2)cc1OC. The Balaban J connectivity index is 2.46. The van der Waals surface area contributed by atoms with E-state index in [1.165, 1.54) is 24.8 Å². The van der Waals surface area contributed by atoms with Gasteiger partial charge in [0.25, 0.3) is 0 Å². The van der Waals surface area contributed by atoms with Gasteiger partial charge >= 0.3 is 0 Å². The maximum absolute atomic E-state index is 6.43. The first kappa shape index (κ1) is 14.7. The third kappa shape index (κ3) is 2.75. The number of benzene rings is 1. The average Bonchev–Trinajstić information content (AvgIpc) is 2.47. The maximum Gasteiger partial charge on any atom is 0.123 e. The van der Waals surface area contributed by atoms with E-state index in [0.29, 0.717) is 6.54 Å². The van der Waals surface area contributed by atoms with Crippen LogP contribution in [0.15, 0.2) is 12.1 Å². The fourth-order valence-corrected chi connectivity index (χ4v) is 3.63. The van der Waals surface area contributed by atoms with Gasteiger partial charge in [0.05, 0.1) is 7.11 Å². The van der Waals surface area contributed by atoms with E-state index in [0.717, 1.165) is 35.6 Å². The van der Waals surface area contributed by atoms with Crippen molar-refractivity contribution in [2.24, 2.45) is 5.73 Å². The van der Waals surface area contributed by atoms with Crippen LogP contribution in [-0.4, -0.2) is 13.7 Å². The van der Waals surface area contributed by atoms with Gasteiger partial charge in [0.15, 0.2) is 0 Å². The minimum atomic E-state index is 0.0987. The Kier molecular flexibility index (Phi) is 4.75. The highest BCUT2D eigenvalue weighted by molar-refractivity contribution is 6.31. The third-order valence-corrected chi connectivity index (χ3v) is 4.88. The quantitative estimate of drug-likeness (QED) is 0.903. The molecule has 106 valence electrons. The highest BCUT2D eigenvalue weighted by atomic mass is 35.5. The summed E-state index contributed by atoms with van der Waals surface area (Å²) in [5.41, 5.74) is 8.55. The monoisotopic (exact) mass is 281 g/mol. The van der Waals surface area contributed by atoms with Crippen LogP contribution in [0, 0.1) is 0 Å². The van der Waals surface area contributed by atoms with E-state index in [1.54, 1.807) is 7.11 Å². The smallest absolute Gasteiger partial charge is 0.123 e. The maximum atomic E-state index is 6.43. The van der Waals surface area contributed by atoms with Gasteiger partial charge in [0, 0.05) is 22.5 Å². The van der Waals surface area contributed by atoms with Gasteiger partial charge in [-0.05, 0) is 37.0 Å². The van der Waals surface area contributed by atoms with Crippen molar-refractivity contribution in [1.82, 2.24) is 0 Å². The first-order valence-electron chi connectivity index (χ1n) is 7.24. The van der Waals surface area contributed by atoms with E-state index in [4.69, 9.17) is 22.1 Å². The number of ether oxygens (including phenoxy) is 1. The Labute approximate surface area is 121 Å². The van der Waals surface area contributed by atoms with Crippen molar-refractivity contribution in [3.05, 3.63) is 28.3 Å². The van der Waals surface area contributed by atoms with E-state index in [-0.39, 0.29) is 5.41 Å². The van der Waals surface area contributed by atoms with Gasteiger partial charge in [-0.15, -0.1) is 0 Å². The fourth-order valence-electron chi connectivity index (χ4n) is 3.28. The summed E-state index contributed by atoms with van der Waals surface area (Å²) in [6, 6.07) is 4.27. The predicted octanol–water partition coefficient (Wildman–Crippen LogP) is 4.07. The van der Waals surface area contributed by atoms with E-state index in [9.17, 15) is 0 Å². The summed E-state index contributed by atoms with van der Waals surface area (Å²) in [7, 11) is 1.71. The van der Waals surface area contributed by atoms with Gasteiger partial charge in [-0.1, -0.05) is 37.8 Å². The number of hydrogen-bond donors (Lipinski definition) is 1. The zero-order chi connectivity index (χ0) is 13.9. The first-order valence-corrected chi connectivity index (χ1v) is 7.61. The highest BCUT2D eigenvalue weighted by Crippen LogP contribution is 2.42. The molecule has 1 aliphatic carbocycles. The predicted molar refractivity (Wildman–Crippen MR) is 81.2 cm³/mol. The van der Waals surface area contributed by atoms with Crippen LogP contribution < -0.4 is 10.5 Å². The van der Waals surface area contributed by atoms with Crippen molar-refractivity contribution >= 4 is 11.6 Å². The molecule has 0 atom stereocenters. The number of halogens is 1. The molecule has 0 heterocycles. The van der Waals surface area contributed by atoms with Crippen molar-refractivity contribution in [1.29, 1.82) is 0 Å². The fraction of sp³-hybridized carbons (Fsp3) is 0.625. The summed E-state index contributed by atoms with van der Waals surface area (Å²) in [5, 5.41) is 0.815. The van der Waals surface area contributed by atoms with Gasteiger partial charge in [-0.3, -0.25) is 0 Å². The molecule has 3 heteroatoms. The van der Waals surface area contributed by atoms with Crippen molar-refractivity contribution in [3.8, 4) is 5.75 Å². The van der Waals surface area contributed by atoms with Crippen molar-refractivity contribution in [2.45, 2.75) is 50.9 Å². The topological polar surface area (TPSA) is 35.2 Å². The molecule has 0 unspecified atom stereocenters. The van der Waals surface area contributed by atoms with Crippen LogP contribution in [-0.2, 0) is 11.8 Å². The van der Waals surface area contributed by atoms with E-state index in [2.05, 4.69) is 19.1 Å². The Morgan fingerprint density at radius 1 is 1.26 bits per heavy atom. The minimum absolute atomic E-state index is 0.0987. The molecule has 1 aliphatic rings. The summed E-state index contributed by atoms with van der Waals surface area (Å²) in [6.45, 7) is 2.79. The van der Waals surface area contributed by atoms with E-state index < -0.39 is 0 Å². The molecule has 1 fully saturated rings. The lowest BCUT2D eigenvalue weighted by molar-refractivity contribution is 0.299. The normalized spacial score (nSPS) is 18.3. The van der Waals surface area contributed by atoms with E-state index in [1.807, 2.05) is 0 Å². The third-order valence-electron chi connectivity index (χ3n) is 4.54. The molecule has 2 N–H and O–H groups in total.